The Balaban J connectivity index is 3.17. The highest BCUT2D eigenvalue weighted by atomic mass is 19.4. The minimum absolute atomic E-state index is 0.0625. The zero-order valence-corrected chi connectivity index (χ0v) is 7.11. The van der Waals surface area contributed by atoms with E-state index in [1.165, 1.54) is 6.07 Å². The van der Waals surface area contributed by atoms with Crippen LogP contribution in [0.15, 0.2) is 18.2 Å². The molecule has 0 spiro atoms. The first-order valence-corrected chi connectivity index (χ1v) is 3.84. The number of alkyl halides is 4. The Morgan fingerprint density at radius 3 is 2.07 bits per heavy atom. The summed E-state index contributed by atoms with van der Waals surface area (Å²) in [7, 11) is 0. The summed E-state index contributed by atoms with van der Waals surface area (Å²) >= 11 is 0. The third-order valence-corrected chi connectivity index (χ3v) is 1.72. The first-order valence-electron chi connectivity index (χ1n) is 3.84. The first-order chi connectivity index (χ1) is 6.47. The molecule has 0 radical (unpaired) electrons. The largest absolute Gasteiger partial charge is 0.416 e. The van der Waals surface area contributed by atoms with Crippen LogP contribution in [0.5, 0.6) is 0 Å². The standard InChI is InChI=1S/C9H8F4O/c10-4-6-1-7(5-14)3-8(2-6)9(11,12)13/h1-3,14H,4-5H2. The maximum absolute atomic E-state index is 12.2. The van der Waals surface area contributed by atoms with Gasteiger partial charge in [-0.3, -0.25) is 0 Å². The maximum Gasteiger partial charge on any atom is 0.416 e. The summed E-state index contributed by atoms with van der Waals surface area (Å²) in [6, 6.07) is 2.74. The summed E-state index contributed by atoms with van der Waals surface area (Å²) in [6.45, 7) is -1.51. The fraction of sp³-hybridized carbons (Fsp3) is 0.333. The van der Waals surface area contributed by atoms with Gasteiger partial charge in [0.1, 0.15) is 6.67 Å². The van der Waals surface area contributed by atoms with Crippen molar-refractivity contribution in [2.45, 2.75) is 19.5 Å². The van der Waals surface area contributed by atoms with Crippen molar-refractivity contribution < 1.29 is 22.7 Å². The van der Waals surface area contributed by atoms with Crippen LogP contribution >= 0.6 is 0 Å². The van der Waals surface area contributed by atoms with Crippen LogP contribution in [0.25, 0.3) is 0 Å². The summed E-state index contributed by atoms with van der Waals surface area (Å²) in [5.41, 5.74) is -0.951. The number of rotatable bonds is 2. The first kappa shape index (κ1) is 11.0. The lowest BCUT2D eigenvalue weighted by atomic mass is 10.1. The van der Waals surface area contributed by atoms with Gasteiger partial charge in [-0.1, -0.05) is 6.07 Å². The van der Waals surface area contributed by atoms with Crippen LogP contribution in [-0.4, -0.2) is 5.11 Å². The molecule has 14 heavy (non-hydrogen) atoms. The van der Waals surface area contributed by atoms with E-state index in [-0.39, 0.29) is 11.1 Å². The van der Waals surface area contributed by atoms with E-state index in [2.05, 4.69) is 0 Å². The predicted molar refractivity (Wildman–Crippen MR) is 42.2 cm³/mol. The van der Waals surface area contributed by atoms with Crippen molar-refractivity contribution >= 4 is 0 Å². The van der Waals surface area contributed by atoms with E-state index >= 15 is 0 Å². The lowest BCUT2D eigenvalue weighted by molar-refractivity contribution is -0.137. The molecule has 0 amide bonds. The molecule has 0 atom stereocenters. The SMILES string of the molecule is OCc1cc(CF)cc(C(F)(F)F)c1. The van der Waals surface area contributed by atoms with Gasteiger partial charge in [0.05, 0.1) is 12.2 Å². The summed E-state index contributed by atoms with van der Waals surface area (Å²) in [5, 5.41) is 8.66. The molecule has 1 nitrogen and oxygen atoms in total. The van der Waals surface area contributed by atoms with E-state index in [0.29, 0.717) is 0 Å². The molecule has 78 valence electrons. The molecule has 0 bridgehead atoms. The van der Waals surface area contributed by atoms with E-state index < -0.39 is 25.0 Å². The van der Waals surface area contributed by atoms with Gasteiger partial charge in [-0.05, 0) is 23.3 Å². The lowest BCUT2D eigenvalue weighted by Crippen LogP contribution is -2.06. The van der Waals surface area contributed by atoms with E-state index in [0.717, 1.165) is 12.1 Å². The fourth-order valence-corrected chi connectivity index (χ4v) is 1.09. The van der Waals surface area contributed by atoms with Crippen molar-refractivity contribution in [2.24, 2.45) is 0 Å². The van der Waals surface area contributed by atoms with Crippen LogP contribution in [0.4, 0.5) is 17.6 Å². The van der Waals surface area contributed by atoms with Gasteiger partial charge in [-0.25, -0.2) is 4.39 Å². The zero-order valence-electron chi connectivity index (χ0n) is 7.11. The number of halogens is 4. The van der Waals surface area contributed by atoms with E-state index in [9.17, 15) is 17.6 Å². The lowest BCUT2D eigenvalue weighted by Gasteiger charge is -2.09. The molecule has 1 aromatic carbocycles. The van der Waals surface area contributed by atoms with Crippen LogP contribution in [-0.2, 0) is 19.5 Å². The molecule has 0 aliphatic rings. The monoisotopic (exact) mass is 208 g/mol. The van der Waals surface area contributed by atoms with Gasteiger partial charge < -0.3 is 5.11 Å². The highest BCUT2D eigenvalue weighted by Gasteiger charge is 2.31. The molecule has 5 heteroatoms. The molecule has 1 aromatic rings. The van der Waals surface area contributed by atoms with Gasteiger partial charge >= 0.3 is 6.18 Å². The second-order valence-electron chi connectivity index (χ2n) is 2.83. The Hall–Kier alpha value is -1.10. The fourth-order valence-electron chi connectivity index (χ4n) is 1.09. The average Bonchev–Trinajstić information content (AvgIpc) is 2.15. The highest BCUT2D eigenvalue weighted by molar-refractivity contribution is 5.31. The van der Waals surface area contributed by atoms with E-state index in [4.69, 9.17) is 5.11 Å². The Morgan fingerprint density at radius 2 is 1.64 bits per heavy atom. The molecular weight excluding hydrogens is 200 g/mol. The third kappa shape index (κ3) is 2.45. The summed E-state index contributed by atoms with van der Waals surface area (Å²) < 4.78 is 48.8. The molecule has 0 fully saturated rings. The topological polar surface area (TPSA) is 20.2 Å². The molecule has 0 aromatic heterocycles. The van der Waals surface area contributed by atoms with Crippen LogP contribution in [0.2, 0.25) is 0 Å². The number of hydrogen-bond acceptors (Lipinski definition) is 1. The van der Waals surface area contributed by atoms with Crippen molar-refractivity contribution in [3.8, 4) is 0 Å². The maximum atomic E-state index is 12.2. The second kappa shape index (κ2) is 3.96. The predicted octanol–water partition coefficient (Wildman–Crippen LogP) is 2.67. The molecule has 0 aliphatic carbocycles. The molecular formula is C9H8F4O. The molecule has 0 saturated heterocycles. The van der Waals surface area contributed by atoms with Crippen molar-refractivity contribution in [1.82, 2.24) is 0 Å². The smallest absolute Gasteiger partial charge is 0.392 e. The number of hydrogen-bond donors (Lipinski definition) is 1. The Kier molecular flexibility index (Phi) is 3.10. The zero-order chi connectivity index (χ0) is 10.8. The van der Waals surface area contributed by atoms with Crippen molar-refractivity contribution in [3.05, 3.63) is 34.9 Å². The molecule has 1 rings (SSSR count). The van der Waals surface area contributed by atoms with E-state index in [1.807, 2.05) is 0 Å². The summed E-state index contributed by atoms with van der Waals surface area (Å²) in [6.07, 6.45) is -4.50. The number of aliphatic hydroxyl groups is 1. The van der Waals surface area contributed by atoms with Gasteiger partial charge in [-0.15, -0.1) is 0 Å². The van der Waals surface area contributed by atoms with Crippen molar-refractivity contribution in [3.63, 3.8) is 0 Å². The van der Waals surface area contributed by atoms with Crippen LogP contribution < -0.4 is 0 Å². The van der Waals surface area contributed by atoms with Crippen LogP contribution in [0, 0.1) is 0 Å². The van der Waals surface area contributed by atoms with Gasteiger partial charge in [0, 0.05) is 0 Å². The summed E-state index contributed by atoms with van der Waals surface area (Å²) in [5.74, 6) is 0. The minimum atomic E-state index is -4.50. The molecule has 0 unspecified atom stereocenters. The highest BCUT2D eigenvalue weighted by Crippen LogP contribution is 2.30. The average molecular weight is 208 g/mol. The molecule has 0 heterocycles. The van der Waals surface area contributed by atoms with Crippen molar-refractivity contribution in [2.75, 3.05) is 0 Å². The Morgan fingerprint density at radius 1 is 1.07 bits per heavy atom. The van der Waals surface area contributed by atoms with Gasteiger partial charge in [-0.2, -0.15) is 13.2 Å². The Bertz CT molecular complexity index is 297. The van der Waals surface area contributed by atoms with E-state index in [1.54, 1.807) is 0 Å². The Labute approximate surface area is 78.0 Å². The molecule has 0 saturated carbocycles. The quantitative estimate of drug-likeness (QED) is 0.741. The van der Waals surface area contributed by atoms with Gasteiger partial charge in [0.2, 0.25) is 0 Å². The van der Waals surface area contributed by atoms with Crippen molar-refractivity contribution in [1.29, 1.82) is 0 Å². The van der Waals surface area contributed by atoms with Gasteiger partial charge in [0.25, 0.3) is 0 Å². The number of aliphatic hydroxyl groups excluding tert-OH is 1. The second-order valence-corrected chi connectivity index (χ2v) is 2.83. The third-order valence-electron chi connectivity index (χ3n) is 1.72. The number of benzene rings is 1. The van der Waals surface area contributed by atoms with Crippen LogP contribution in [0.1, 0.15) is 16.7 Å². The minimum Gasteiger partial charge on any atom is -0.392 e. The molecule has 1 N–H and O–H groups in total. The summed E-state index contributed by atoms with van der Waals surface area (Å²) in [4.78, 5) is 0. The van der Waals surface area contributed by atoms with Crippen LogP contribution in [0.3, 0.4) is 0 Å². The molecule has 0 aliphatic heterocycles. The van der Waals surface area contributed by atoms with Gasteiger partial charge in [0.15, 0.2) is 0 Å². The normalized spacial score (nSPS) is 11.8.